The van der Waals surface area contributed by atoms with Gasteiger partial charge in [0.2, 0.25) is 5.69 Å². The van der Waals surface area contributed by atoms with Crippen molar-refractivity contribution in [3.8, 4) is 0 Å². The number of hydroxylamine groups is 2. The Balaban J connectivity index is 1.34. The van der Waals surface area contributed by atoms with Crippen molar-refractivity contribution < 1.29 is 105 Å². The number of hydrogen-bond donors (Lipinski definition) is 6. The van der Waals surface area contributed by atoms with Crippen LogP contribution in [0.4, 0.5) is 11.4 Å². The van der Waals surface area contributed by atoms with Crippen LogP contribution in [0.5, 0.6) is 0 Å². The Hall–Kier alpha value is -6.05. The minimum absolute atomic E-state index is 0.0291. The molecule has 3 aliphatic rings. The van der Waals surface area contributed by atoms with Gasteiger partial charge in [-0.05, 0) is 103 Å². The van der Waals surface area contributed by atoms with Crippen LogP contribution in [-0.4, -0.2) is 125 Å². The zero-order chi connectivity index (χ0) is 59.2. The predicted molar refractivity (Wildman–Crippen MR) is 290 cm³/mol. The van der Waals surface area contributed by atoms with Gasteiger partial charge < -0.3 is 9.74 Å². The Morgan fingerprint density at radius 1 is 0.753 bits per heavy atom. The number of allylic oxidation sites excluding steroid dienone is 6. The number of rotatable bonds is 22. The first kappa shape index (κ1) is 61.0. The van der Waals surface area contributed by atoms with Crippen LogP contribution < -0.4 is 4.90 Å². The molecule has 0 atom stereocenters. The maximum absolute atomic E-state index is 13.3. The second-order valence-electron chi connectivity index (χ2n) is 19.4. The van der Waals surface area contributed by atoms with Crippen LogP contribution in [-0.2, 0) is 84.5 Å². The minimum Gasteiger partial charge on any atom is -0.344 e. The van der Waals surface area contributed by atoms with E-state index in [4.69, 9.17) is 19.7 Å². The third kappa shape index (κ3) is 12.8. The van der Waals surface area contributed by atoms with E-state index in [1.54, 1.807) is 55.2 Å². The number of fused-ring (bicyclic) bond motifs is 6. The molecule has 4 aromatic carbocycles. The Morgan fingerprint density at radius 3 is 2.00 bits per heavy atom. The highest BCUT2D eigenvalue weighted by Gasteiger charge is 2.47. The summed E-state index contributed by atoms with van der Waals surface area (Å²) in [5.41, 5.74) is 0.632. The van der Waals surface area contributed by atoms with E-state index in [9.17, 15) is 66.3 Å². The summed E-state index contributed by atoms with van der Waals surface area (Å²) < 4.78 is 152. The lowest BCUT2D eigenvalue weighted by Crippen LogP contribution is -2.32. The molecular formula is C49H49N4O22S6+. The molecule has 0 unspecified atom stereocenters. The highest BCUT2D eigenvalue weighted by molar-refractivity contribution is 7.95. The SMILES string of the molecule is CC1(C)C(/C=C/C(=C/C=C2/N(CCCS(=O)(=O)O)c3ccc4c(S(=O)(=O)O)cc(S(=O)(=O)O)cc4c3C2(C)C)c2ccc(C(=O)ON3C(=O)CCC3=O)cn2)=[N+](CCCSOOO)c2ccc3c(SOOO)cc(S(=O)(=O)O)cc3c21. The summed E-state index contributed by atoms with van der Waals surface area (Å²) in [7, 11) is -19.6. The molecule has 0 saturated carbocycles. The normalized spacial score (nSPS) is 17.2. The van der Waals surface area contributed by atoms with Gasteiger partial charge in [-0.1, -0.05) is 36.1 Å². The summed E-state index contributed by atoms with van der Waals surface area (Å²) in [6.45, 7) is 7.21. The van der Waals surface area contributed by atoms with Crippen LogP contribution >= 0.6 is 24.1 Å². The lowest BCUT2D eigenvalue weighted by molar-refractivity contribution is -0.438. The first-order chi connectivity index (χ1) is 37.9. The average molecular weight is 1240 g/mol. The van der Waals surface area contributed by atoms with Crippen LogP contribution in [0.25, 0.3) is 27.1 Å². The van der Waals surface area contributed by atoms with Gasteiger partial charge in [-0.3, -0.25) is 32.8 Å². The number of anilines is 1. The number of imide groups is 1. The third-order valence-corrected chi connectivity index (χ3v) is 18.2. The molecule has 0 radical (unpaired) electrons. The quantitative estimate of drug-likeness (QED) is 0.00582. The highest BCUT2D eigenvalue weighted by Crippen LogP contribution is 2.52. The fraction of sp³-hybridized carbons (Fsp3) is 0.286. The van der Waals surface area contributed by atoms with Gasteiger partial charge in [0.15, 0.2) is 5.71 Å². The molecule has 81 heavy (non-hydrogen) atoms. The van der Waals surface area contributed by atoms with Crippen molar-refractivity contribution in [2.75, 3.05) is 29.5 Å². The van der Waals surface area contributed by atoms with Crippen LogP contribution in [0.15, 0.2) is 116 Å². The van der Waals surface area contributed by atoms with E-state index in [0.29, 0.717) is 68.7 Å². The van der Waals surface area contributed by atoms with E-state index in [0.717, 1.165) is 30.4 Å². The Kier molecular flexibility index (Phi) is 17.6. The van der Waals surface area contributed by atoms with Gasteiger partial charge in [-0.2, -0.15) is 38.2 Å². The molecular weight excluding hydrogens is 1190 g/mol. The van der Waals surface area contributed by atoms with Gasteiger partial charge in [-0.15, -0.1) is 13.7 Å². The smallest absolute Gasteiger partial charge is 0.344 e. The lowest BCUT2D eigenvalue weighted by atomic mass is 9.79. The summed E-state index contributed by atoms with van der Waals surface area (Å²) in [6, 6.07) is 13.0. The first-order valence-corrected chi connectivity index (χ1v) is 31.4. The molecule has 2 amide bonds. The van der Waals surface area contributed by atoms with E-state index in [1.165, 1.54) is 30.3 Å². The first-order valence-electron chi connectivity index (χ1n) is 23.8. The number of nitrogens with zero attached hydrogens (tertiary/aromatic N) is 4. The van der Waals surface area contributed by atoms with Crippen molar-refractivity contribution in [3.05, 3.63) is 119 Å². The van der Waals surface area contributed by atoms with E-state index >= 15 is 0 Å². The number of carbonyl (C=O) groups excluding carboxylic acids is 3. The summed E-state index contributed by atoms with van der Waals surface area (Å²) >= 11 is 1.27. The monoisotopic (exact) mass is 1240 g/mol. The van der Waals surface area contributed by atoms with Gasteiger partial charge in [0.25, 0.3) is 52.3 Å². The van der Waals surface area contributed by atoms with Crippen LogP contribution in [0, 0.1) is 0 Å². The molecule has 0 spiro atoms. The molecule has 1 saturated heterocycles. The molecule has 1 fully saturated rings. The van der Waals surface area contributed by atoms with Crippen LogP contribution in [0.1, 0.15) is 80.6 Å². The molecule has 4 heterocycles. The predicted octanol–water partition coefficient (Wildman–Crippen LogP) is 7.21. The maximum Gasteiger partial charge on any atom is 0.365 e. The summed E-state index contributed by atoms with van der Waals surface area (Å²) in [4.78, 5) is 47.1. The van der Waals surface area contributed by atoms with E-state index in [2.05, 4.69) is 19.4 Å². The van der Waals surface area contributed by atoms with Crippen molar-refractivity contribution in [1.82, 2.24) is 10.0 Å². The molecule has 8 rings (SSSR count). The van der Waals surface area contributed by atoms with Crippen molar-refractivity contribution >= 4 is 127 Å². The molecule has 5 aromatic rings. The maximum atomic E-state index is 13.3. The Morgan fingerprint density at radius 2 is 1.40 bits per heavy atom. The van der Waals surface area contributed by atoms with Crippen molar-refractivity contribution in [2.45, 2.75) is 83.8 Å². The zero-order valence-corrected chi connectivity index (χ0v) is 47.7. The van der Waals surface area contributed by atoms with Crippen molar-refractivity contribution in [2.24, 2.45) is 0 Å². The highest BCUT2D eigenvalue weighted by atomic mass is 32.2. The Labute approximate surface area is 471 Å². The molecule has 26 nitrogen and oxygen atoms in total. The Bertz CT molecular complexity index is 4010. The molecule has 6 N–H and O–H groups in total. The zero-order valence-electron chi connectivity index (χ0n) is 42.8. The third-order valence-electron chi connectivity index (χ3n) is 13.6. The molecule has 3 aliphatic heterocycles. The van der Waals surface area contributed by atoms with Gasteiger partial charge >= 0.3 is 5.97 Å². The van der Waals surface area contributed by atoms with Crippen molar-refractivity contribution in [3.63, 3.8) is 0 Å². The molecule has 32 heteroatoms. The number of benzene rings is 4. The lowest BCUT2D eigenvalue weighted by Gasteiger charge is -2.27. The number of carbonyl (C=O) groups is 3. The fourth-order valence-corrected chi connectivity index (χ4v) is 13.5. The van der Waals surface area contributed by atoms with Crippen LogP contribution in [0.3, 0.4) is 0 Å². The minimum atomic E-state index is -5.14. The molecule has 432 valence electrons. The van der Waals surface area contributed by atoms with E-state index < -0.39 is 89.5 Å². The number of hydrogen-bond acceptors (Lipinski definition) is 22. The van der Waals surface area contributed by atoms with E-state index in [1.807, 2.05) is 18.4 Å². The average Bonchev–Trinajstić information content (AvgIpc) is 2.04. The van der Waals surface area contributed by atoms with Crippen molar-refractivity contribution in [1.29, 1.82) is 0 Å². The summed E-state index contributed by atoms with van der Waals surface area (Å²) in [6.07, 6.45) is 7.60. The standard InChI is InChI=1S/C49H48N4O22S6/c1-48(2)41(51(19-5-21-76-74-72-57)37-13-10-32-34(45(37)48)23-30(79(62,63)64)25-39(32)77-75-73-58)15-8-28(36-12-7-29(27-50-36)47(56)71-53-43(54)17-18-44(53)55)9-16-42-49(3,4)46-35-24-31(80(65,66)67)26-40(81(68,69)70)33(35)11-14-38(46)52(42)20-6-22-78(59,60)61/h7-16,23-27H,5-6,17-22H2,1-4H3,(H5-,57,58,59,60,61,62,63,64,65,66,67,68,69,70)/p+1. The second-order valence-corrected chi connectivity index (χ2v) is 26.7. The molecule has 0 aliphatic carbocycles. The number of amides is 2. The molecule has 1 aromatic heterocycles. The van der Waals surface area contributed by atoms with Gasteiger partial charge in [-0.25, -0.2) is 15.3 Å². The molecule has 0 bridgehead atoms. The van der Waals surface area contributed by atoms with Gasteiger partial charge in [0, 0.05) is 100 Å². The van der Waals surface area contributed by atoms with Gasteiger partial charge in [0.1, 0.15) is 11.4 Å². The van der Waals surface area contributed by atoms with Crippen LogP contribution in [0.2, 0.25) is 0 Å². The largest absolute Gasteiger partial charge is 0.365 e. The summed E-state index contributed by atoms with van der Waals surface area (Å²) in [5, 5.41) is 26.3. The second kappa shape index (κ2) is 23.3. The van der Waals surface area contributed by atoms with Gasteiger partial charge in [0.05, 0.1) is 44.3 Å². The summed E-state index contributed by atoms with van der Waals surface area (Å²) in [5.74, 6) is -2.94. The van der Waals surface area contributed by atoms with E-state index in [-0.39, 0.29) is 76.2 Å². The number of aromatic nitrogens is 1. The topological polar surface area (TPSA) is 378 Å². The fourth-order valence-electron chi connectivity index (χ4n) is 10.2. The number of pyridine rings is 1.